The molecule has 1 aromatic heterocycles. The lowest BCUT2D eigenvalue weighted by molar-refractivity contribution is 0.0737. The predicted octanol–water partition coefficient (Wildman–Crippen LogP) is 1.56. The quantitative estimate of drug-likeness (QED) is 0.890. The molecule has 18 heavy (non-hydrogen) atoms. The number of nitrogens with zero attached hydrogens (tertiary/aromatic N) is 3. The van der Waals surface area contributed by atoms with Crippen LogP contribution in [0.2, 0.25) is 0 Å². The summed E-state index contributed by atoms with van der Waals surface area (Å²) in [5.41, 5.74) is 0.706. The van der Waals surface area contributed by atoms with Crippen LogP contribution < -0.4 is 4.74 Å². The fraction of sp³-hybridized carbons (Fsp3) is 0.385. The summed E-state index contributed by atoms with van der Waals surface area (Å²) < 4.78 is 6.80. The highest BCUT2D eigenvalue weighted by Gasteiger charge is 2.19. The van der Waals surface area contributed by atoms with E-state index in [1.807, 2.05) is 24.3 Å². The molecule has 0 atom stereocenters. The van der Waals surface area contributed by atoms with E-state index in [1.54, 1.807) is 31.8 Å². The van der Waals surface area contributed by atoms with Crippen LogP contribution in [-0.4, -0.2) is 27.2 Å². The van der Waals surface area contributed by atoms with Crippen LogP contribution in [-0.2, 0) is 12.1 Å². The van der Waals surface area contributed by atoms with Crippen molar-refractivity contribution in [3.8, 4) is 5.75 Å². The molecule has 0 amide bonds. The fourth-order valence-corrected chi connectivity index (χ4v) is 1.57. The van der Waals surface area contributed by atoms with Crippen molar-refractivity contribution in [1.29, 1.82) is 0 Å². The summed E-state index contributed by atoms with van der Waals surface area (Å²) in [6.07, 6.45) is 1.75. The van der Waals surface area contributed by atoms with Gasteiger partial charge in [-0.1, -0.05) is 17.3 Å². The van der Waals surface area contributed by atoms with Crippen molar-refractivity contribution >= 4 is 0 Å². The van der Waals surface area contributed by atoms with Crippen LogP contribution in [0.25, 0.3) is 0 Å². The molecule has 0 bridgehead atoms. The van der Waals surface area contributed by atoms with E-state index < -0.39 is 5.60 Å². The molecule has 1 aromatic carbocycles. The molecule has 1 heterocycles. The van der Waals surface area contributed by atoms with Gasteiger partial charge in [-0.3, -0.25) is 0 Å². The maximum Gasteiger partial charge on any atom is 0.118 e. The lowest BCUT2D eigenvalue weighted by atomic mass is 10.1. The third-order valence-electron chi connectivity index (χ3n) is 2.67. The molecule has 0 radical (unpaired) electrons. The lowest BCUT2D eigenvalue weighted by Gasteiger charge is -2.11. The Bertz CT molecular complexity index is 512. The molecule has 5 heteroatoms. The zero-order valence-corrected chi connectivity index (χ0v) is 10.8. The molecule has 0 spiro atoms. The molecular weight excluding hydrogens is 230 g/mol. The van der Waals surface area contributed by atoms with Crippen LogP contribution in [0.3, 0.4) is 0 Å². The van der Waals surface area contributed by atoms with Crippen LogP contribution in [0.5, 0.6) is 5.75 Å². The monoisotopic (exact) mass is 247 g/mol. The molecule has 5 nitrogen and oxygen atoms in total. The first kappa shape index (κ1) is 12.6. The van der Waals surface area contributed by atoms with Gasteiger partial charge in [0.1, 0.15) is 17.0 Å². The summed E-state index contributed by atoms with van der Waals surface area (Å²) in [6, 6.07) is 7.76. The third kappa shape index (κ3) is 2.87. The van der Waals surface area contributed by atoms with Crippen molar-refractivity contribution in [1.82, 2.24) is 15.0 Å². The molecule has 2 aromatic rings. The number of rotatable bonds is 4. The number of methoxy groups -OCH3 is 1. The van der Waals surface area contributed by atoms with Gasteiger partial charge in [0.25, 0.3) is 0 Å². The Labute approximate surface area is 106 Å². The van der Waals surface area contributed by atoms with Crippen molar-refractivity contribution < 1.29 is 9.84 Å². The average Bonchev–Trinajstić information content (AvgIpc) is 2.78. The minimum Gasteiger partial charge on any atom is -0.497 e. The van der Waals surface area contributed by atoms with Gasteiger partial charge in [-0.2, -0.15) is 0 Å². The van der Waals surface area contributed by atoms with Gasteiger partial charge in [0.2, 0.25) is 0 Å². The van der Waals surface area contributed by atoms with E-state index in [0.29, 0.717) is 12.2 Å². The van der Waals surface area contributed by atoms with E-state index in [0.717, 1.165) is 11.3 Å². The molecule has 0 aliphatic rings. The van der Waals surface area contributed by atoms with E-state index in [2.05, 4.69) is 10.3 Å². The fourth-order valence-electron chi connectivity index (χ4n) is 1.57. The summed E-state index contributed by atoms with van der Waals surface area (Å²) >= 11 is 0. The van der Waals surface area contributed by atoms with Crippen molar-refractivity contribution in [2.45, 2.75) is 26.0 Å². The normalized spacial score (nSPS) is 11.6. The van der Waals surface area contributed by atoms with Crippen LogP contribution in [0.4, 0.5) is 0 Å². The first-order chi connectivity index (χ1) is 8.49. The van der Waals surface area contributed by atoms with Crippen molar-refractivity contribution in [2.75, 3.05) is 7.11 Å². The molecule has 0 saturated heterocycles. The Morgan fingerprint density at radius 3 is 2.44 bits per heavy atom. The molecular formula is C13H17N3O2. The standard InChI is InChI=1S/C13H17N3O2/c1-13(2,17)12-9-16(15-14-12)8-10-4-6-11(18-3)7-5-10/h4-7,9,17H,8H2,1-3H3. The van der Waals surface area contributed by atoms with E-state index >= 15 is 0 Å². The topological polar surface area (TPSA) is 60.2 Å². The molecule has 0 aliphatic carbocycles. The van der Waals surface area contributed by atoms with Gasteiger partial charge in [-0.25, -0.2) is 4.68 Å². The molecule has 0 unspecified atom stereocenters. The Morgan fingerprint density at radius 1 is 1.28 bits per heavy atom. The van der Waals surface area contributed by atoms with Gasteiger partial charge in [0, 0.05) is 0 Å². The molecule has 0 fully saturated rings. The number of hydrogen-bond donors (Lipinski definition) is 1. The second kappa shape index (κ2) is 4.78. The highest BCUT2D eigenvalue weighted by Crippen LogP contribution is 2.17. The number of ether oxygens (including phenoxy) is 1. The van der Waals surface area contributed by atoms with E-state index in [-0.39, 0.29) is 0 Å². The Morgan fingerprint density at radius 2 is 1.94 bits per heavy atom. The first-order valence-electron chi connectivity index (χ1n) is 5.75. The van der Waals surface area contributed by atoms with Crippen LogP contribution in [0, 0.1) is 0 Å². The largest absolute Gasteiger partial charge is 0.497 e. The zero-order chi connectivity index (χ0) is 13.2. The van der Waals surface area contributed by atoms with Gasteiger partial charge >= 0.3 is 0 Å². The number of aromatic nitrogens is 3. The molecule has 1 N–H and O–H groups in total. The third-order valence-corrected chi connectivity index (χ3v) is 2.67. The zero-order valence-electron chi connectivity index (χ0n) is 10.8. The molecule has 0 aliphatic heterocycles. The van der Waals surface area contributed by atoms with Crippen molar-refractivity contribution in [3.05, 3.63) is 41.7 Å². The summed E-state index contributed by atoms with van der Waals surface area (Å²) in [7, 11) is 1.64. The minimum absolute atomic E-state index is 0.566. The van der Waals surface area contributed by atoms with Crippen LogP contribution >= 0.6 is 0 Å². The number of hydrogen-bond acceptors (Lipinski definition) is 4. The highest BCUT2D eigenvalue weighted by atomic mass is 16.5. The smallest absolute Gasteiger partial charge is 0.118 e. The summed E-state index contributed by atoms with van der Waals surface area (Å²) in [6.45, 7) is 4.00. The van der Waals surface area contributed by atoms with Crippen molar-refractivity contribution in [2.24, 2.45) is 0 Å². The molecule has 96 valence electrons. The van der Waals surface area contributed by atoms with Gasteiger partial charge in [0.15, 0.2) is 0 Å². The van der Waals surface area contributed by atoms with Crippen LogP contribution in [0.15, 0.2) is 30.5 Å². The highest BCUT2D eigenvalue weighted by molar-refractivity contribution is 5.27. The van der Waals surface area contributed by atoms with E-state index in [9.17, 15) is 5.11 Å². The maximum absolute atomic E-state index is 9.80. The van der Waals surface area contributed by atoms with Gasteiger partial charge in [-0.05, 0) is 31.5 Å². The Hall–Kier alpha value is -1.88. The SMILES string of the molecule is COc1ccc(Cn2cc(C(C)(C)O)nn2)cc1. The second-order valence-corrected chi connectivity index (χ2v) is 4.71. The summed E-state index contributed by atoms with van der Waals surface area (Å²) in [5, 5.41) is 17.8. The number of aliphatic hydroxyl groups is 1. The van der Waals surface area contributed by atoms with Gasteiger partial charge in [-0.15, -0.1) is 5.10 Å². The minimum atomic E-state index is -0.960. The summed E-state index contributed by atoms with van der Waals surface area (Å²) in [4.78, 5) is 0. The molecule has 2 rings (SSSR count). The maximum atomic E-state index is 9.80. The van der Waals surface area contributed by atoms with Gasteiger partial charge < -0.3 is 9.84 Å². The molecule has 0 saturated carbocycles. The van der Waals surface area contributed by atoms with Crippen molar-refractivity contribution in [3.63, 3.8) is 0 Å². The lowest BCUT2D eigenvalue weighted by Crippen LogP contribution is -2.15. The Balaban J connectivity index is 2.11. The second-order valence-electron chi connectivity index (χ2n) is 4.71. The number of benzene rings is 1. The Kier molecular flexibility index (Phi) is 3.34. The predicted molar refractivity (Wildman–Crippen MR) is 67.4 cm³/mol. The van der Waals surface area contributed by atoms with E-state index in [4.69, 9.17) is 4.74 Å². The summed E-state index contributed by atoms with van der Waals surface area (Å²) in [5.74, 6) is 0.828. The average molecular weight is 247 g/mol. The van der Waals surface area contributed by atoms with E-state index in [1.165, 1.54) is 0 Å². The van der Waals surface area contributed by atoms with Crippen LogP contribution in [0.1, 0.15) is 25.1 Å². The first-order valence-corrected chi connectivity index (χ1v) is 5.75. The van der Waals surface area contributed by atoms with Gasteiger partial charge in [0.05, 0.1) is 19.9 Å².